The molecule has 22 valence electrons. The molecule has 8 radical (unpaired) electrons. The molecular formula is CoPSnTi. The van der Waals surface area contributed by atoms with Gasteiger partial charge in [-0.05, 0) is 0 Å². The maximum absolute atomic E-state index is 0. The second-order valence-electron chi connectivity index (χ2n) is 0. The zero-order valence-electron chi connectivity index (χ0n) is 1.78. The van der Waals surface area contributed by atoms with Crippen LogP contribution in [0.25, 0.3) is 0 Å². The molecule has 0 heterocycles. The van der Waals surface area contributed by atoms with E-state index in [1.54, 1.807) is 0 Å². The molecule has 4 heavy (non-hydrogen) atoms. The van der Waals surface area contributed by atoms with Crippen molar-refractivity contribution in [2.45, 2.75) is 0 Å². The molecule has 0 rings (SSSR count). The van der Waals surface area contributed by atoms with Gasteiger partial charge in [-0.15, -0.1) is 0 Å². The Bertz CT molecular complexity index is 8.00. The van der Waals surface area contributed by atoms with E-state index in [-0.39, 0.29) is 72.3 Å². The van der Waals surface area contributed by atoms with Gasteiger partial charge in [0.2, 0.25) is 0 Å². The van der Waals surface area contributed by atoms with Crippen molar-refractivity contribution in [1.82, 2.24) is 0 Å². The molecule has 0 bridgehead atoms. The van der Waals surface area contributed by atoms with Crippen LogP contribution < -0.4 is 0 Å². The van der Waals surface area contributed by atoms with E-state index in [0.29, 0.717) is 0 Å². The number of hydrogen-bond donors (Lipinski definition) is 0. The van der Waals surface area contributed by atoms with Gasteiger partial charge in [-0.1, -0.05) is 0 Å². The van der Waals surface area contributed by atoms with Crippen molar-refractivity contribution < 1.29 is 38.5 Å². The molecule has 0 aromatic carbocycles. The Hall–Kier alpha value is 2.45. The fourth-order valence-electron chi connectivity index (χ4n) is 0. The first-order chi connectivity index (χ1) is 0. The molecular weight excluding hydrogens is 256 g/mol. The summed E-state index contributed by atoms with van der Waals surface area (Å²) in [7, 11) is 0. The Morgan fingerprint density at radius 2 is 1.00 bits per heavy atom. The Kier molecular flexibility index (Phi) is 144. The van der Waals surface area contributed by atoms with Crippen LogP contribution >= 0.6 is 9.90 Å². The minimum absolute atomic E-state index is 0. The van der Waals surface area contributed by atoms with E-state index in [9.17, 15) is 0 Å². The summed E-state index contributed by atoms with van der Waals surface area (Å²) in [5, 5.41) is 0. The molecule has 0 spiro atoms. The van der Waals surface area contributed by atoms with Crippen LogP contribution in [0.1, 0.15) is 0 Å². The Morgan fingerprint density at radius 1 is 1.00 bits per heavy atom. The van der Waals surface area contributed by atoms with Crippen LogP contribution in [-0.4, -0.2) is 23.9 Å². The van der Waals surface area contributed by atoms with Gasteiger partial charge in [0.05, 0.1) is 0 Å². The minimum atomic E-state index is 0. The van der Waals surface area contributed by atoms with E-state index in [2.05, 4.69) is 0 Å². The first-order valence-corrected chi connectivity index (χ1v) is 0. The second-order valence-corrected chi connectivity index (χ2v) is 0. The summed E-state index contributed by atoms with van der Waals surface area (Å²) in [4.78, 5) is 0. The zero-order chi connectivity index (χ0) is 0. The third-order valence-corrected chi connectivity index (χ3v) is 0. The van der Waals surface area contributed by atoms with E-state index in [1.807, 2.05) is 0 Å². The second kappa shape index (κ2) is 18.0. The van der Waals surface area contributed by atoms with Crippen LogP contribution in [0.2, 0.25) is 0 Å². The summed E-state index contributed by atoms with van der Waals surface area (Å²) in [6.07, 6.45) is 0. The van der Waals surface area contributed by atoms with Gasteiger partial charge in [-0.25, -0.2) is 0 Å². The topological polar surface area (TPSA) is 0 Å². The van der Waals surface area contributed by atoms with Gasteiger partial charge >= 0.3 is 0 Å². The maximum atomic E-state index is 0. The Balaban J connectivity index is 0. The zero-order valence-corrected chi connectivity index (χ0v) is 8.13. The van der Waals surface area contributed by atoms with Gasteiger partial charge in [0.15, 0.2) is 0 Å². The SMILES string of the molecule is [Co].[P].[Sn].[Ti]. The third kappa shape index (κ3) is 8.82. The molecule has 0 aliphatic heterocycles. The summed E-state index contributed by atoms with van der Waals surface area (Å²) < 4.78 is 0. The van der Waals surface area contributed by atoms with Gasteiger partial charge in [-0.2, -0.15) is 0 Å². The predicted octanol–water partition coefficient (Wildman–Crippen LogP) is 0.475. The summed E-state index contributed by atoms with van der Waals surface area (Å²) in [5.74, 6) is 0. The smallest absolute Gasteiger partial charge is 0 e. The average molecular weight is 256 g/mol. The number of rotatable bonds is 0. The van der Waals surface area contributed by atoms with Crippen molar-refractivity contribution >= 4 is 33.8 Å². The van der Waals surface area contributed by atoms with Crippen LogP contribution in [0.3, 0.4) is 0 Å². The van der Waals surface area contributed by atoms with E-state index >= 15 is 0 Å². The van der Waals surface area contributed by atoms with Crippen molar-refractivity contribution in [3.8, 4) is 0 Å². The maximum Gasteiger partial charge on any atom is 0 e. The van der Waals surface area contributed by atoms with E-state index in [4.69, 9.17) is 0 Å². The quantitative estimate of drug-likeness (QED) is 0.437. The van der Waals surface area contributed by atoms with E-state index < -0.39 is 0 Å². The first kappa shape index (κ1) is 31.9. The monoisotopic (exact) mass is 258 g/mol. The molecule has 0 saturated carbocycles. The van der Waals surface area contributed by atoms with Crippen molar-refractivity contribution in [3.63, 3.8) is 0 Å². The summed E-state index contributed by atoms with van der Waals surface area (Å²) in [6, 6.07) is 0. The molecule has 0 aliphatic carbocycles. The largest absolute Gasteiger partial charge is 0 e. The minimum Gasteiger partial charge on any atom is 0 e. The normalized spacial score (nSPS) is 0. The average Bonchev–Trinajstić information content (AvgIpc) is 0. The number of hydrogen-bond acceptors (Lipinski definition) is 0. The van der Waals surface area contributed by atoms with Gasteiger partial charge in [0, 0.05) is 72.3 Å². The van der Waals surface area contributed by atoms with Crippen molar-refractivity contribution in [2.75, 3.05) is 0 Å². The van der Waals surface area contributed by atoms with Gasteiger partial charge in [0.25, 0.3) is 0 Å². The molecule has 0 amide bonds. The van der Waals surface area contributed by atoms with Gasteiger partial charge in [-0.3, -0.25) is 0 Å². The standard InChI is InChI=1S/Co.P.Sn.Ti. The van der Waals surface area contributed by atoms with Crippen molar-refractivity contribution in [2.24, 2.45) is 0 Å². The van der Waals surface area contributed by atoms with Crippen LogP contribution in [-0.2, 0) is 38.5 Å². The van der Waals surface area contributed by atoms with Crippen LogP contribution in [0.4, 0.5) is 0 Å². The van der Waals surface area contributed by atoms with Crippen LogP contribution in [0, 0.1) is 0 Å². The summed E-state index contributed by atoms with van der Waals surface area (Å²) in [5.41, 5.74) is 0. The fourth-order valence-corrected chi connectivity index (χ4v) is 0. The van der Waals surface area contributed by atoms with Crippen LogP contribution in [0.5, 0.6) is 0 Å². The molecule has 0 aromatic heterocycles. The third-order valence-electron chi connectivity index (χ3n) is 0. The van der Waals surface area contributed by atoms with Gasteiger partial charge < -0.3 is 0 Å². The molecule has 0 atom stereocenters. The van der Waals surface area contributed by atoms with E-state index in [0.717, 1.165) is 0 Å². The first-order valence-electron chi connectivity index (χ1n) is 0. The Labute approximate surface area is 71.5 Å². The van der Waals surface area contributed by atoms with E-state index in [1.165, 1.54) is 0 Å². The molecule has 0 unspecified atom stereocenters. The molecule has 0 N–H and O–H groups in total. The summed E-state index contributed by atoms with van der Waals surface area (Å²) >= 11 is 0. The molecule has 0 aliphatic rings. The molecule has 4 heteroatoms. The molecule has 0 aromatic rings. The molecule has 0 nitrogen and oxygen atoms in total. The summed E-state index contributed by atoms with van der Waals surface area (Å²) in [6.45, 7) is 0. The molecule has 0 fully saturated rings. The van der Waals surface area contributed by atoms with Crippen LogP contribution in [0.15, 0.2) is 0 Å². The van der Waals surface area contributed by atoms with Crippen molar-refractivity contribution in [3.05, 3.63) is 0 Å². The molecule has 0 saturated heterocycles. The van der Waals surface area contributed by atoms with Crippen molar-refractivity contribution in [1.29, 1.82) is 0 Å². The predicted molar refractivity (Wildman–Crippen MR) is 12.7 cm³/mol. The fraction of sp³-hybridized carbons (Fsp3) is 0. The van der Waals surface area contributed by atoms with Gasteiger partial charge in [0.1, 0.15) is 0 Å². The Morgan fingerprint density at radius 3 is 1.00 bits per heavy atom.